The predicted molar refractivity (Wildman–Crippen MR) is 295 cm³/mol. The molecule has 0 saturated heterocycles. The van der Waals surface area contributed by atoms with Gasteiger partial charge in [-0.05, 0) is 71.8 Å². The van der Waals surface area contributed by atoms with Gasteiger partial charge in [0.25, 0.3) is 0 Å². The molecule has 6 heterocycles. The van der Waals surface area contributed by atoms with E-state index in [2.05, 4.69) is 248 Å². The first-order chi connectivity index (χ1) is 34.8. The Morgan fingerprint density at radius 2 is 0.500 bits per heavy atom. The third-order valence-corrected chi connectivity index (χ3v) is 15.8. The molecule has 0 spiro atoms. The normalized spacial score (nSPS) is 12.6. The van der Waals surface area contributed by atoms with Crippen LogP contribution in [-0.4, -0.2) is 17.9 Å². The molecule has 17 rings (SSSR count). The van der Waals surface area contributed by atoms with Gasteiger partial charge in [-0.1, -0.05) is 170 Å². The zero-order valence-electron chi connectivity index (χ0n) is 37.7. The highest BCUT2D eigenvalue weighted by atomic mass is 15.0. The molecule has 0 bridgehead atoms. The van der Waals surface area contributed by atoms with Gasteiger partial charge in [-0.2, -0.15) is 0 Å². The summed E-state index contributed by atoms with van der Waals surface area (Å²) in [7, 11) is 0. The highest BCUT2D eigenvalue weighted by molar-refractivity contribution is 6.45. The largest absolute Gasteiger partial charge is 0.309 e. The van der Waals surface area contributed by atoms with Crippen molar-refractivity contribution >= 4 is 120 Å². The Balaban J connectivity index is 0.957. The van der Waals surface area contributed by atoms with Crippen molar-refractivity contribution < 1.29 is 0 Å². The van der Waals surface area contributed by atoms with Gasteiger partial charge in [0.15, 0.2) is 0 Å². The van der Waals surface area contributed by atoms with E-state index < -0.39 is 0 Å². The van der Waals surface area contributed by atoms with Crippen LogP contribution in [0.25, 0.3) is 153 Å². The van der Waals surface area contributed by atoms with E-state index in [0.29, 0.717) is 0 Å². The van der Waals surface area contributed by atoms with Crippen LogP contribution in [0, 0.1) is 0 Å². The summed E-state index contributed by atoms with van der Waals surface area (Å²) in [5.74, 6) is 0. The quantitative estimate of drug-likeness (QED) is 0.168. The zero-order chi connectivity index (χ0) is 45.3. The molecular formula is C66H38N4. The number of nitrogens with zero attached hydrogens (tertiary/aromatic N) is 4. The number of para-hydroxylation sites is 8. The molecule has 11 aromatic carbocycles. The third-order valence-electron chi connectivity index (χ3n) is 15.8. The van der Waals surface area contributed by atoms with Gasteiger partial charge in [0, 0.05) is 75.8 Å². The number of aromatic nitrogens is 4. The van der Waals surface area contributed by atoms with Gasteiger partial charge in [0.05, 0.1) is 66.5 Å². The van der Waals surface area contributed by atoms with E-state index in [9.17, 15) is 0 Å². The fourth-order valence-corrected chi connectivity index (χ4v) is 13.1. The molecule has 17 aromatic rings. The van der Waals surface area contributed by atoms with E-state index >= 15 is 0 Å². The van der Waals surface area contributed by atoms with Gasteiger partial charge in [-0.3, -0.25) is 0 Å². The van der Waals surface area contributed by atoms with E-state index in [4.69, 9.17) is 0 Å². The second-order valence-corrected chi connectivity index (χ2v) is 19.1. The van der Waals surface area contributed by atoms with Gasteiger partial charge in [-0.15, -0.1) is 0 Å². The second-order valence-electron chi connectivity index (χ2n) is 19.1. The molecule has 322 valence electrons. The Morgan fingerprint density at radius 3 is 0.871 bits per heavy atom. The minimum absolute atomic E-state index is 1.17. The average Bonchev–Trinajstić information content (AvgIpc) is 4.27. The minimum Gasteiger partial charge on any atom is -0.309 e. The summed E-state index contributed by atoms with van der Waals surface area (Å²) in [4.78, 5) is 0. The Kier molecular flexibility index (Phi) is 6.92. The molecule has 0 amide bonds. The Bertz CT molecular complexity index is 4650. The van der Waals surface area contributed by atoms with Crippen molar-refractivity contribution in [3.63, 3.8) is 0 Å². The van der Waals surface area contributed by atoms with Crippen molar-refractivity contribution in [3.05, 3.63) is 231 Å². The summed E-state index contributed by atoms with van der Waals surface area (Å²) in [6.45, 7) is 0. The van der Waals surface area contributed by atoms with Crippen molar-refractivity contribution in [1.29, 1.82) is 0 Å². The van der Waals surface area contributed by atoms with Crippen LogP contribution in [0.4, 0.5) is 0 Å². The minimum atomic E-state index is 1.17. The van der Waals surface area contributed by atoms with Crippen LogP contribution in [0.3, 0.4) is 0 Å². The van der Waals surface area contributed by atoms with Crippen molar-refractivity contribution in [2.45, 2.75) is 0 Å². The standard InChI is InChI=1S/C66H38N4/c1-9-25-51(67-53-27-11-3-19-43(53)44-20-4-12-28-54(44)67)41(17-1)39-33-35-49-59(37-39)69-57-31-15-7-23-47(57)62-64-50-36-34-40(38-60(50)70-58-32-16-8-24-48(58)61(66(64)70)63(49)65(62)69)42-18-2-10-26-52(42)68-55-29-13-5-21-45(55)46-22-6-14-30-56(46)68/h1-38H. The summed E-state index contributed by atoms with van der Waals surface area (Å²) in [5.41, 5.74) is 19.5. The van der Waals surface area contributed by atoms with E-state index in [1.807, 2.05) is 0 Å². The highest BCUT2D eigenvalue weighted by Crippen LogP contribution is 2.53. The maximum atomic E-state index is 2.58. The summed E-state index contributed by atoms with van der Waals surface area (Å²) in [6.07, 6.45) is 0. The SMILES string of the molecule is c1ccc(-n2c3ccccc3c3ccccc32)c(-c2ccc3c4c5c6ccccc6n6c7cc(-c8ccccc8-n8c9ccccc9c9ccccc98)ccc7c(c7c8ccccc8n(c3c2)c74)c56)c1. The molecule has 0 saturated carbocycles. The van der Waals surface area contributed by atoms with Crippen molar-refractivity contribution in [2.75, 3.05) is 0 Å². The lowest BCUT2D eigenvalue weighted by atomic mass is 9.95. The first-order valence-electron chi connectivity index (χ1n) is 24.3. The molecule has 0 aliphatic rings. The molecule has 0 unspecified atom stereocenters. The number of benzene rings is 11. The van der Waals surface area contributed by atoms with Gasteiger partial charge < -0.3 is 17.9 Å². The van der Waals surface area contributed by atoms with Crippen molar-refractivity contribution in [1.82, 2.24) is 17.9 Å². The molecule has 0 N–H and O–H groups in total. The molecule has 0 aliphatic heterocycles. The van der Waals surface area contributed by atoms with Gasteiger partial charge in [-0.25, -0.2) is 0 Å². The van der Waals surface area contributed by atoms with E-state index in [0.717, 1.165) is 0 Å². The monoisotopic (exact) mass is 886 g/mol. The van der Waals surface area contributed by atoms with Crippen LogP contribution in [0.5, 0.6) is 0 Å². The molecule has 4 nitrogen and oxygen atoms in total. The lowest BCUT2D eigenvalue weighted by Gasteiger charge is -2.14. The van der Waals surface area contributed by atoms with Gasteiger partial charge >= 0.3 is 0 Å². The molecular weight excluding hydrogens is 849 g/mol. The summed E-state index contributed by atoms with van der Waals surface area (Å²) >= 11 is 0. The van der Waals surface area contributed by atoms with Gasteiger partial charge in [0.2, 0.25) is 0 Å². The third kappa shape index (κ3) is 4.47. The van der Waals surface area contributed by atoms with Crippen LogP contribution >= 0.6 is 0 Å². The fourth-order valence-electron chi connectivity index (χ4n) is 13.1. The molecule has 0 radical (unpaired) electrons. The van der Waals surface area contributed by atoms with Crippen LogP contribution in [0.1, 0.15) is 0 Å². The molecule has 70 heavy (non-hydrogen) atoms. The van der Waals surface area contributed by atoms with E-state index in [1.165, 1.54) is 153 Å². The van der Waals surface area contributed by atoms with E-state index in [-0.39, 0.29) is 0 Å². The fraction of sp³-hybridized carbons (Fsp3) is 0. The summed E-state index contributed by atoms with van der Waals surface area (Å²) < 4.78 is 10.1. The van der Waals surface area contributed by atoms with Crippen LogP contribution < -0.4 is 0 Å². The number of rotatable bonds is 4. The number of fused-ring (bicyclic) bond motifs is 20. The topological polar surface area (TPSA) is 18.7 Å². The number of hydrogen-bond donors (Lipinski definition) is 0. The zero-order valence-corrected chi connectivity index (χ0v) is 37.7. The Morgan fingerprint density at radius 1 is 0.214 bits per heavy atom. The van der Waals surface area contributed by atoms with Crippen LogP contribution in [0.15, 0.2) is 231 Å². The highest BCUT2D eigenvalue weighted by Gasteiger charge is 2.29. The molecule has 0 atom stereocenters. The average molecular weight is 887 g/mol. The molecule has 0 aliphatic carbocycles. The predicted octanol–water partition coefficient (Wildman–Crippen LogP) is 17.5. The number of hydrogen-bond acceptors (Lipinski definition) is 0. The Labute approximate surface area is 400 Å². The molecule has 6 aromatic heterocycles. The van der Waals surface area contributed by atoms with Crippen LogP contribution in [-0.2, 0) is 0 Å². The summed E-state index contributed by atoms with van der Waals surface area (Å²) in [6, 6.07) is 85.7. The smallest absolute Gasteiger partial charge is 0.0634 e. The van der Waals surface area contributed by atoms with Gasteiger partial charge in [0.1, 0.15) is 0 Å². The Hall–Kier alpha value is -9.38. The van der Waals surface area contributed by atoms with Crippen LogP contribution in [0.2, 0.25) is 0 Å². The maximum Gasteiger partial charge on any atom is 0.0634 e. The summed E-state index contributed by atoms with van der Waals surface area (Å²) in [5, 5.41) is 15.5. The van der Waals surface area contributed by atoms with Crippen molar-refractivity contribution in [2.24, 2.45) is 0 Å². The lowest BCUT2D eigenvalue weighted by molar-refractivity contribution is 1.18. The van der Waals surface area contributed by atoms with Crippen molar-refractivity contribution in [3.8, 4) is 33.6 Å². The first kappa shape index (κ1) is 36.7. The second kappa shape index (κ2) is 13.2. The molecule has 4 heteroatoms. The maximum absolute atomic E-state index is 2.58. The first-order valence-corrected chi connectivity index (χ1v) is 24.3. The van der Waals surface area contributed by atoms with E-state index in [1.54, 1.807) is 0 Å². The molecule has 0 fully saturated rings. The lowest BCUT2D eigenvalue weighted by Crippen LogP contribution is -1.97.